The van der Waals surface area contributed by atoms with Crippen LogP contribution in [0.15, 0.2) is 30.3 Å². The minimum atomic E-state index is 0.167. The van der Waals surface area contributed by atoms with E-state index in [1.54, 1.807) is 18.4 Å². The van der Waals surface area contributed by atoms with E-state index >= 15 is 0 Å². The Kier molecular flexibility index (Phi) is 5.21. The van der Waals surface area contributed by atoms with Crippen molar-refractivity contribution in [2.45, 2.75) is 25.8 Å². The van der Waals surface area contributed by atoms with E-state index in [2.05, 4.69) is 12.2 Å². The highest BCUT2D eigenvalue weighted by Crippen LogP contribution is 2.33. The molecule has 1 aromatic heterocycles. The van der Waals surface area contributed by atoms with Crippen molar-refractivity contribution in [3.8, 4) is 16.9 Å². The first-order valence-electron chi connectivity index (χ1n) is 8.34. The fraction of sp³-hybridized carbons (Fsp3) is 0.421. The summed E-state index contributed by atoms with van der Waals surface area (Å²) in [6, 6.07) is 10.4. The topological polar surface area (TPSA) is 41.6 Å². The van der Waals surface area contributed by atoms with Crippen LogP contribution in [0.25, 0.3) is 11.1 Å². The van der Waals surface area contributed by atoms with Gasteiger partial charge >= 0.3 is 0 Å². The standard InChI is InChI=1S/C19H24N2O2S/c1-13-17(14-6-8-16(23-3)9-7-14)11-18(24-13)19(22)21-10-4-5-15(21)12-20-2/h6-9,11,15,20H,4-5,10,12H2,1-3H3/t15-/m0/s1. The summed E-state index contributed by atoms with van der Waals surface area (Å²) in [6.45, 7) is 3.80. The maximum absolute atomic E-state index is 12.9. The number of aryl methyl sites for hydroxylation is 1. The zero-order valence-electron chi connectivity index (χ0n) is 14.5. The Hall–Kier alpha value is -1.85. The number of carbonyl (C=O) groups excluding carboxylic acids is 1. The number of nitrogens with one attached hydrogen (secondary N) is 1. The highest BCUT2D eigenvalue weighted by atomic mass is 32.1. The van der Waals surface area contributed by atoms with Crippen molar-refractivity contribution in [3.63, 3.8) is 0 Å². The summed E-state index contributed by atoms with van der Waals surface area (Å²) in [6.07, 6.45) is 2.18. The summed E-state index contributed by atoms with van der Waals surface area (Å²) >= 11 is 1.59. The number of carbonyl (C=O) groups is 1. The molecular formula is C19H24N2O2S. The van der Waals surface area contributed by atoms with Gasteiger partial charge in [-0.3, -0.25) is 4.79 Å². The maximum Gasteiger partial charge on any atom is 0.264 e. The Morgan fingerprint density at radius 2 is 2.12 bits per heavy atom. The minimum Gasteiger partial charge on any atom is -0.497 e. The quantitative estimate of drug-likeness (QED) is 0.902. The van der Waals surface area contributed by atoms with E-state index in [0.717, 1.165) is 47.7 Å². The van der Waals surface area contributed by atoms with Crippen LogP contribution in [0.3, 0.4) is 0 Å². The van der Waals surface area contributed by atoms with Gasteiger partial charge < -0.3 is 15.0 Å². The molecule has 0 unspecified atom stereocenters. The summed E-state index contributed by atoms with van der Waals surface area (Å²) in [5, 5.41) is 3.20. The third-order valence-corrected chi connectivity index (χ3v) is 5.65. The Bertz CT molecular complexity index is 709. The van der Waals surface area contributed by atoms with Crippen LogP contribution in [-0.4, -0.2) is 44.1 Å². The van der Waals surface area contributed by atoms with Crippen molar-refractivity contribution in [2.75, 3.05) is 27.2 Å². The molecule has 1 aliphatic rings. The number of hydrogen-bond acceptors (Lipinski definition) is 4. The number of ether oxygens (including phenoxy) is 1. The molecule has 2 heterocycles. The first kappa shape index (κ1) is 17.0. The molecule has 1 aliphatic heterocycles. The van der Waals surface area contributed by atoms with Crippen molar-refractivity contribution in [3.05, 3.63) is 40.1 Å². The second-order valence-electron chi connectivity index (χ2n) is 6.16. The van der Waals surface area contributed by atoms with Gasteiger partial charge in [-0.25, -0.2) is 0 Å². The Morgan fingerprint density at radius 1 is 1.38 bits per heavy atom. The molecule has 4 nitrogen and oxygen atoms in total. The number of likely N-dealkylation sites (N-methyl/N-ethyl adjacent to an activating group) is 1. The SMILES string of the molecule is CNC[C@@H]1CCCN1C(=O)c1cc(-c2ccc(OC)cc2)c(C)s1. The van der Waals surface area contributed by atoms with Gasteiger partial charge in [0.1, 0.15) is 5.75 Å². The van der Waals surface area contributed by atoms with Gasteiger partial charge in [-0.1, -0.05) is 12.1 Å². The van der Waals surface area contributed by atoms with E-state index in [9.17, 15) is 4.79 Å². The Balaban J connectivity index is 1.83. The summed E-state index contributed by atoms with van der Waals surface area (Å²) in [5.41, 5.74) is 2.26. The molecule has 1 fully saturated rings. The number of methoxy groups -OCH3 is 1. The first-order chi connectivity index (χ1) is 11.6. The van der Waals surface area contributed by atoms with Gasteiger partial charge in [0.15, 0.2) is 0 Å². The minimum absolute atomic E-state index is 0.167. The van der Waals surface area contributed by atoms with Crippen molar-refractivity contribution >= 4 is 17.2 Å². The largest absolute Gasteiger partial charge is 0.497 e. The van der Waals surface area contributed by atoms with E-state index in [-0.39, 0.29) is 5.91 Å². The monoisotopic (exact) mass is 344 g/mol. The summed E-state index contributed by atoms with van der Waals surface area (Å²) < 4.78 is 5.22. The predicted octanol–water partition coefficient (Wildman–Crippen LogP) is 3.56. The average molecular weight is 344 g/mol. The number of likely N-dealkylation sites (tertiary alicyclic amines) is 1. The first-order valence-corrected chi connectivity index (χ1v) is 9.16. The number of thiophene rings is 1. The zero-order valence-corrected chi connectivity index (χ0v) is 15.3. The lowest BCUT2D eigenvalue weighted by Crippen LogP contribution is -2.40. The number of nitrogens with zero attached hydrogens (tertiary/aromatic N) is 1. The lowest BCUT2D eigenvalue weighted by Gasteiger charge is -2.23. The molecule has 128 valence electrons. The lowest BCUT2D eigenvalue weighted by molar-refractivity contribution is 0.0742. The molecule has 0 bridgehead atoms. The number of rotatable bonds is 5. The third kappa shape index (κ3) is 3.32. The van der Waals surface area contributed by atoms with Crippen LogP contribution in [0.4, 0.5) is 0 Å². The molecule has 0 radical (unpaired) electrons. The fourth-order valence-corrected chi connectivity index (χ4v) is 4.34. The molecule has 1 saturated heterocycles. The molecule has 3 rings (SSSR count). The summed E-state index contributed by atoms with van der Waals surface area (Å²) in [4.78, 5) is 17.0. The molecular weight excluding hydrogens is 320 g/mol. The zero-order chi connectivity index (χ0) is 17.1. The van der Waals surface area contributed by atoms with E-state index in [4.69, 9.17) is 4.74 Å². The molecule has 0 saturated carbocycles. The van der Waals surface area contributed by atoms with Crippen molar-refractivity contribution in [2.24, 2.45) is 0 Å². The molecule has 1 aromatic carbocycles. The van der Waals surface area contributed by atoms with E-state index in [0.29, 0.717) is 6.04 Å². The van der Waals surface area contributed by atoms with Crippen molar-refractivity contribution in [1.29, 1.82) is 0 Å². The Labute approximate surface area is 147 Å². The number of hydrogen-bond donors (Lipinski definition) is 1. The Morgan fingerprint density at radius 3 is 2.79 bits per heavy atom. The molecule has 1 N–H and O–H groups in total. The number of amides is 1. The van der Waals surface area contributed by atoms with Gasteiger partial charge in [0, 0.05) is 24.0 Å². The summed E-state index contributed by atoms with van der Waals surface area (Å²) in [7, 11) is 3.61. The molecule has 1 atom stereocenters. The van der Waals surface area contributed by atoms with Crippen molar-refractivity contribution in [1.82, 2.24) is 10.2 Å². The van der Waals surface area contributed by atoms with Gasteiger partial charge in [0.05, 0.1) is 12.0 Å². The van der Waals surface area contributed by atoms with E-state index in [1.807, 2.05) is 42.3 Å². The summed E-state index contributed by atoms with van der Waals surface area (Å²) in [5.74, 6) is 1.01. The highest BCUT2D eigenvalue weighted by molar-refractivity contribution is 7.14. The van der Waals surface area contributed by atoms with Crippen LogP contribution in [-0.2, 0) is 0 Å². The molecule has 2 aromatic rings. The predicted molar refractivity (Wildman–Crippen MR) is 99.0 cm³/mol. The molecule has 0 spiro atoms. The van der Waals surface area contributed by atoms with Gasteiger partial charge in [-0.15, -0.1) is 11.3 Å². The lowest BCUT2D eigenvalue weighted by atomic mass is 10.1. The van der Waals surface area contributed by atoms with E-state index in [1.165, 1.54) is 4.88 Å². The molecule has 24 heavy (non-hydrogen) atoms. The third-order valence-electron chi connectivity index (χ3n) is 4.61. The molecule has 5 heteroatoms. The van der Waals surface area contributed by atoms with Gasteiger partial charge in [0.25, 0.3) is 5.91 Å². The van der Waals surface area contributed by atoms with Crippen LogP contribution in [0.5, 0.6) is 5.75 Å². The van der Waals surface area contributed by atoms with Crippen LogP contribution in [0.1, 0.15) is 27.4 Å². The van der Waals surface area contributed by atoms with Crippen LogP contribution < -0.4 is 10.1 Å². The van der Waals surface area contributed by atoms with Crippen molar-refractivity contribution < 1.29 is 9.53 Å². The molecule has 0 aliphatic carbocycles. The second kappa shape index (κ2) is 7.36. The van der Waals surface area contributed by atoms with Crippen LogP contribution in [0.2, 0.25) is 0 Å². The van der Waals surface area contributed by atoms with Gasteiger partial charge in [-0.05, 0) is 56.1 Å². The fourth-order valence-electron chi connectivity index (χ4n) is 3.34. The number of benzene rings is 1. The smallest absolute Gasteiger partial charge is 0.264 e. The maximum atomic E-state index is 12.9. The normalized spacial score (nSPS) is 17.3. The highest BCUT2D eigenvalue weighted by Gasteiger charge is 2.30. The second-order valence-corrected chi connectivity index (χ2v) is 7.42. The molecule has 1 amide bonds. The van der Waals surface area contributed by atoms with E-state index < -0.39 is 0 Å². The van der Waals surface area contributed by atoms with Gasteiger partial charge in [0.2, 0.25) is 0 Å². The van der Waals surface area contributed by atoms with Crippen LogP contribution >= 0.6 is 11.3 Å². The van der Waals surface area contributed by atoms with Gasteiger partial charge in [-0.2, -0.15) is 0 Å². The average Bonchev–Trinajstić information content (AvgIpc) is 3.21. The van der Waals surface area contributed by atoms with Crippen LogP contribution in [0, 0.1) is 6.92 Å².